The molecule has 0 aromatic rings. The second-order valence-corrected chi connectivity index (χ2v) is 10.1. The number of hydrogen-bond donors (Lipinski definition) is 1. The average molecular weight is 389 g/mol. The Hall–Kier alpha value is -0.660. The number of rotatable bonds is 8. The van der Waals surface area contributed by atoms with E-state index in [0.29, 0.717) is 13.1 Å². The molecule has 2 aliphatic rings. The van der Waals surface area contributed by atoms with E-state index in [2.05, 4.69) is 12.2 Å². The number of ether oxygens (including phenoxy) is 1. The Morgan fingerprint density at radius 1 is 1.12 bits per heavy atom. The van der Waals surface area contributed by atoms with Crippen LogP contribution in [0.5, 0.6) is 0 Å². The monoisotopic (exact) mass is 388 g/mol. The van der Waals surface area contributed by atoms with E-state index in [1.807, 2.05) is 13.8 Å². The standard InChI is InChI=1S/C19H36N2O4S/c1-4-5-6-17-7-9-18(10-8-17)19(22)20-11-12-26(23,24)21-13-15(2)25-16(3)14-21/h15-18H,4-14H2,1-3H3,(H,20,22). The van der Waals surface area contributed by atoms with Crippen LogP contribution >= 0.6 is 0 Å². The Labute approximate surface area is 159 Å². The predicted octanol–water partition coefficient (Wildman–Crippen LogP) is 2.54. The highest BCUT2D eigenvalue weighted by Crippen LogP contribution is 2.31. The first-order chi connectivity index (χ1) is 12.3. The van der Waals surface area contributed by atoms with Crippen LogP contribution in [0, 0.1) is 11.8 Å². The van der Waals surface area contributed by atoms with Crippen LogP contribution in [0.3, 0.4) is 0 Å². The summed E-state index contributed by atoms with van der Waals surface area (Å²) in [6, 6.07) is 0. The molecule has 1 saturated carbocycles. The van der Waals surface area contributed by atoms with E-state index in [1.165, 1.54) is 23.6 Å². The van der Waals surface area contributed by atoms with E-state index < -0.39 is 10.0 Å². The van der Waals surface area contributed by atoms with Crippen LogP contribution in [0.2, 0.25) is 0 Å². The van der Waals surface area contributed by atoms with Crippen LogP contribution in [0.25, 0.3) is 0 Å². The topological polar surface area (TPSA) is 75.7 Å². The zero-order valence-electron chi connectivity index (χ0n) is 16.6. The molecule has 2 rings (SSSR count). The number of amides is 1. The Morgan fingerprint density at radius 3 is 2.31 bits per heavy atom. The molecule has 2 atom stereocenters. The number of carbonyl (C=O) groups is 1. The van der Waals surface area contributed by atoms with Gasteiger partial charge >= 0.3 is 0 Å². The molecule has 1 heterocycles. The second-order valence-electron chi connectivity index (χ2n) is 8.04. The first kappa shape index (κ1) is 21.6. The summed E-state index contributed by atoms with van der Waals surface area (Å²) in [5.74, 6) is 0.811. The highest BCUT2D eigenvalue weighted by molar-refractivity contribution is 7.89. The van der Waals surface area contributed by atoms with Crippen molar-refractivity contribution in [3.63, 3.8) is 0 Å². The first-order valence-corrected chi connectivity index (χ1v) is 11.8. The van der Waals surface area contributed by atoms with E-state index in [-0.39, 0.29) is 36.3 Å². The maximum atomic E-state index is 12.5. The largest absolute Gasteiger partial charge is 0.373 e. The molecular weight excluding hydrogens is 352 g/mol. The molecule has 26 heavy (non-hydrogen) atoms. The first-order valence-electron chi connectivity index (χ1n) is 10.2. The SMILES string of the molecule is CCCCC1CCC(C(=O)NCCS(=O)(=O)N2CC(C)OC(C)C2)CC1. The van der Waals surface area contributed by atoms with Crippen molar-refractivity contribution >= 4 is 15.9 Å². The van der Waals surface area contributed by atoms with Gasteiger partial charge in [0.2, 0.25) is 15.9 Å². The summed E-state index contributed by atoms with van der Waals surface area (Å²) in [7, 11) is -3.36. The Balaban J connectivity index is 1.71. The molecule has 2 unspecified atom stereocenters. The van der Waals surface area contributed by atoms with Crippen LogP contribution in [0.15, 0.2) is 0 Å². The molecule has 1 saturated heterocycles. The Morgan fingerprint density at radius 2 is 1.73 bits per heavy atom. The van der Waals surface area contributed by atoms with Gasteiger partial charge in [-0.2, -0.15) is 4.31 Å². The van der Waals surface area contributed by atoms with Gasteiger partial charge in [-0.05, 0) is 45.4 Å². The van der Waals surface area contributed by atoms with E-state index in [1.54, 1.807) is 0 Å². The second kappa shape index (κ2) is 10.0. The molecule has 6 nitrogen and oxygen atoms in total. The maximum absolute atomic E-state index is 12.5. The third kappa shape index (κ3) is 6.50. The lowest BCUT2D eigenvalue weighted by molar-refractivity contribution is -0.126. The van der Waals surface area contributed by atoms with Crippen molar-refractivity contribution in [2.45, 2.75) is 77.9 Å². The molecule has 1 N–H and O–H groups in total. The molecule has 0 aromatic carbocycles. The fraction of sp³-hybridized carbons (Fsp3) is 0.947. The summed E-state index contributed by atoms with van der Waals surface area (Å²) in [6.07, 6.45) is 7.72. The van der Waals surface area contributed by atoms with E-state index in [9.17, 15) is 13.2 Å². The quantitative estimate of drug-likeness (QED) is 0.693. The molecule has 0 spiro atoms. The molecule has 2 fully saturated rings. The van der Waals surface area contributed by atoms with Gasteiger partial charge in [-0.15, -0.1) is 0 Å². The highest BCUT2D eigenvalue weighted by Gasteiger charge is 2.31. The van der Waals surface area contributed by atoms with Gasteiger partial charge in [-0.1, -0.05) is 26.2 Å². The van der Waals surface area contributed by atoms with Crippen LogP contribution < -0.4 is 5.32 Å². The minimum Gasteiger partial charge on any atom is -0.373 e. The Kier molecular flexibility index (Phi) is 8.36. The van der Waals surface area contributed by atoms with Gasteiger partial charge in [-0.3, -0.25) is 4.79 Å². The summed E-state index contributed by atoms with van der Waals surface area (Å²) in [4.78, 5) is 12.3. The fourth-order valence-corrected chi connectivity index (χ4v) is 5.63. The van der Waals surface area contributed by atoms with Crippen LogP contribution in [0.1, 0.15) is 65.7 Å². The van der Waals surface area contributed by atoms with E-state index in [0.717, 1.165) is 31.6 Å². The molecule has 7 heteroatoms. The van der Waals surface area contributed by atoms with Gasteiger partial charge in [0.25, 0.3) is 0 Å². The number of morpholine rings is 1. The minimum atomic E-state index is -3.36. The van der Waals surface area contributed by atoms with Gasteiger partial charge in [0.05, 0.1) is 18.0 Å². The molecule has 0 aromatic heterocycles. The van der Waals surface area contributed by atoms with Crippen LogP contribution in [0.4, 0.5) is 0 Å². The van der Waals surface area contributed by atoms with Gasteiger partial charge in [0, 0.05) is 25.6 Å². The lowest BCUT2D eigenvalue weighted by Crippen LogP contribution is -2.50. The van der Waals surface area contributed by atoms with Crippen molar-refractivity contribution in [1.82, 2.24) is 9.62 Å². The normalized spacial score (nSPS) is 30.9. The van der Waals surface area contributed by atoms with Crippen molar-refractivity contribution in [1.29, 1.82) is 0 Å². The summed E-state index contributed by atoms with van der Waals surface area (Å²) in [5.41, 5.74) is 0. The number of carbonyl (C=O) groups excluding carboxylic acids is 1. The van der Waals surface area contributed by atoms with Crippen molar-refractivity contribution in [2.75, 3.05) is 25.4 Å². The molecule has 1 aliphatic heterocycles. The highest BCUT2D eigenvalue weighted by atomic mass is 32.2. The number of hydrogen-bond acceptors (Lipinski definition) is 4. The molecule has 1 amide bonds. The average Bonchev–Trinajstić information content (AvgIpc) is 2.59. The molecule has 0 bridgehead atoms. The third-order valence-corrected chi connectivity index (χ3v) is 7.43. The lowest BCUT2D eigenvalue weighted by atomic mass is 9.79. The zero-order valence-corrected chi connectivity index (χ0v) is 17.4. The number of unbranched alkanes of at least 4 members (excludes halogenated alkanes) is 1. The van der Waals surface area contributed by atoms with Crippen molar-refractivity contribution in [3.05, 3.63) is 0 Å². The van der Waals surface area contributed by atoms with Crippen LogP contribution in [-0.2, 0) is 19.6 Å². The fourth-order valence-electron chi connectivity index (χ4n) is 4.14. The zero-order chi connectivity index (χ0) is 19.2. The van der Waals surface area contributed by atoms with E-state index in [4.69, 9.17) is 4.74 Å². The van der Waals surface area contributed by atoms with Gasteiger partial charge in [0.15, 0.2) is 0 Å². The molecule has 152 valence electrons. The Bertz CT molecular complexity index is 534. The van der Waals surface area contributed by atoms with Crippen molar-refractivity contribution in [2.24, 2.45) is 11.8 Å². The van der Waals surface area contributed by atoms with Crippen molar-refractivity contribution in [3.8, 4) is 0 Å². The van der Waals surface area contributed by atoms with Gasteiger partial charge in [-0.25, -0.2) is 8.42 Å². The van der Waals surface area contributed by atoms with Crippen molar-refractivity contribution < 1.29 is 17.9 Å². The minimum absolute atomic E-state index is 0.0258. The third-order valence-electron chi connectivity index (χ3n) is 5.62. The van der Waals surface area contributed by atoms with Gasteiger partial charge in [0.1, 0.15) is 0 Å². The maximum Gasteiger partial charge on any atom is 0.223 e. The lowest BCUT2D eigenvalue weighted by Gasteiger charge is -2.34. The number of sulfonamides is 1. The predicted molar refractivity (Wildman–Crippen MR) is 103 cm³/mol. The van der Waals surface area contributed by atoms with Gasteiger partial charge < -0.3 is 10.1 Å². The molecule has 0 radical (unpaired) electrons. The summed E-state index contributed by atoms with van der Waals surface area (Å²) >= 11 is 0. The van der Waals surface area contributed by atoms with E-state index >= 15 is 0 Å². The summed E-state index contributed by atoms with van der Waals surface area (Å²) in [6.45, 7) is 6.96. The molecule has 1 aliphatic carbocycles. The smallest absolute Gasteiger partial charge is 0.223 e. The summed E-state index contributed by atoms with van der Waals surface area (Å²) < 4.78 is 32.1. The van der Waals surface area contributed by atoms with Crippen LogP contribution in [-0.4, -0.2) is 56.2 Å². The number of nitrogens with zero attached hydrogens (tertiary/aromatic N) is 1. The summed E-state index contributed by atoms with van der Waals surface area (Å²) in [5, 5.41) is 2.85. The molecular formula is C19H36N2O4S. The number of nitrogens with one attached hydrogen (secondary N) is 1.